The van der Waals surface area contributed by atoms with Crippen molar-refractivity contribution in [1.29, 1.82) is 0 Å². The molecule has 3 nitrogen and oxygen atoms in total. The largest absolute Gasteiger partial charge is 0.490 e. The van der Waals surface area contributed by atoms with Crippen LogP contribution in [0.15, 0.2) is 23.7 Å². The molecule has 20 heavy (non-hydrogen) atoms. The molecule has 0 radical (unpaired) electrons. The van der Waals surface area contributed by atoms with Gasteiger partial charge in [-0.15, -0.1) is 0 Å². The van der Waals surface area contributed by atoms with Crippen molar-refractivity contribution in [3.05, 3.63) is 23.7 Å². The van der Waals surface area contributed by atoms with Gasteiger partial charge in [0.2, 0.25) is 0 Å². The van der Waals surface area contributed by atoms with Crippen LogP contribution in [0, 0.1) is 11.8 Å². The minimum absolute atomic E-state index is 0.0917. The third-order valence-corrected chi connectivity index (χ3v) is 4.84. The van der Waals surface area contributed by atoms with E-state index in [1.807, 2.05) is 6.08 Å². The maximum absolute atomic E-state index is 6.20. The summed E-state index contributed by atoms with van der Waals surface area (Å²) in [5, 5.41) is 0. The van der Waals surface area contributed by atoms with E-state index in [1.54, 1.807) is 7.11 Å². The smallest absolute Gasteiger partial charge is 0.400 e. The number of methoxy groups -OCH3 is 1. The molecule has 2 unspecified atom stereocenters. The first kappa shape index (κ1) is 15.8. The minimum Gasteiger partial charge on any atom is -0.400 e. The summed E-state index contributed by atoms with van der Waals surface area (Å²) in [6, 6.07) is 0. The molecule has 1 aliphatic heterocycles. The number of ether oxygens (including phenoxy) is 1. The summed E-state index contributed by atoms with van der Waals surface area (Å²) in [4.78, 5) is 0. The van der Waals surface area contributed by atoms with E-state index >= 15 is 0 Å². The number of rotatable bonds is 3. The maximum Gasteiger partial charge on any atom is 0.490 e. The third-order valence-electron chi connectivity index (χ3n) is 4.84. The zero-order valence-corrected chi connectivity index (χ0v) is 13.8. The number of hydrogen-bond acceptors (Lipinski definition) is 3. The normalized spacial score (nSPS) is 31.8. The molecule has 2 rings (SSSR count). The van der Waals surface area contributed by atoms with Gasteiger partial charge in [0.15, 0.2) is 0 Å². The molecule has 0 N–H and O–H groups in total. The Labute approximate surface area is 123 Å². The zero-order valence-electron chi connectivity index (χ0n) is 13.8. The summed E-state index contributed by atoms with van der Waals surface area (Å²) in [6.45, 7) is 12.8. The SMILES string of the molecule is COC1C=CC=C(B2OC(C)(C)C(C)(C)O2)C1C(C)C. The highest BCUT2D eigenvalue weighted by molar-refractivity contribution is 6.55. The van der Waals surface area contributed by atoms with Gasteiger partial charge in [0.25, 0.3) is 0 Å². The van der Waals surface area contributed by atoms with Crippen LogP contribution in [0.3, 0.4) is 0 Å². The first-order valence-electron chi connectivity index (χ1n) is 7.46. The second kappa shape index (κ2) is 5.32. The van der Waals surface area contributed by atoms with Crippen molar-refractivity contribution in [2.75, 3.05) is 7.11 Å². The number of hydrogen-bond donors (Lipinski definition) is 0. The molecule has 0 aromatic rings. The fourth-order valence-electron chi connectivity index (χ4n) is 2.90. The molecular weight excluding hydrogens is 251 g/mol. The molecule has 4 heteroatoms. The Morgan fingerprint density at radius 2 is 1.70 bits per heavy atom. The quantitative estimate of drug-likeness (QED) is 0.740. The van der Waals surface area contributed by atoms with Gasteiger partial charge in [0.05, 0.1) is 17.3 Å². The Balaban J connectivity index is 2.28. The predicted molar refractivity (Wildman–Crippen MR) is 82.4 cm³/mol. The van der Waals surface area contributed by atoms with Gasteiger partial charge in [-0.2, -0.15) is 0 Å². The predicted octanol–water partition coefficient (Wildman–Crippen LogP) is 3.40. The average Bonchev–Trinajstić information content (AvgIpc) is 2.57. The molecule has 2 atom stereocenters. The van der Waals surface area contributed by atoms with E-state index < -0.39 is 0 Å². The van der Waals surface area contributed by atoms with Crippen LogP contribution in [-0.2, 0) is 14.0 Å². The lowest BCUT2D eigenvalue weighted by molar-refractivity contribution is 0.00578. The highest BCUT2D eigenvalue weighted by Crippen LogP contribution is 2.42. The van der Waals surface area contributed by atoms with Gasteiger partial charge in [0, 0.05) is 13.0 Å². The maximum atomic E-state index is 6.20. The van der Waals surface area contributed by atoms with Crippen LogP contribution in [0.4, 0.5) is 0 Å². The van der Waals surface area contributed by atoms with Crippen LogP contribution in [0.25, 0.3) is 0 Å². The van der Waals surface area contributed by atoms with E-state index in [2.05, 4.69) is 53.7 Å². The van der Waals surface area contributed by atoms with Crippen LogP contribution in [0.1, 0.15) is 41.5 Å². The molecule has 1 heterocycles. The molecule has 1 aliphatic carbocycles. The van der Waals surface area contributed by atoms with Crippen LogP contribution in [-0.4, -0.2) is 31.5 Å². The van der Waals surface area contributed by atoms with Crippen LogP contribution in [0.2, 0.25) is 0 Å². The van der Waals surface area contributed by atoms with Gasteiger partial charge in [-0.25, -0.2) is 0 Å². The van der Waals surface area contributed by atoms with Gasteiger partial charge < -0.3 is 14.0 Å². The summed E-state index contributed by atoms with van der Waals surface area (Å²) in [5.41, 5.74) is 0.584. The minimum atomic E-state index is -0.302. The van der Waals surface area contributed by atoms with Crippen molar-refractivity contribution in [2.45, 2.75) is 58.8 Å². The highest BCUT2D eigenvalue weighted by Gasteiger charge is 2.54. The summed E-state index contributed by atoms with van der Waals surface area (Å²) >= 11 is 0. The molecule has 2 aliphatic rings. The molecule has 0 saturated carbocycles. The van der Waals surface area contributed by atoms with Gasteiger partial charge in [-0.05, 0) is 39.1 Å². The molecule has 0 aromatic heterocycles. The molecule has 0 amide bonds. The average molecular weight is 278 g/mol. The topological polar surface area (TPSA) is 27.7 Å². The Hall–Kier alpha value is -0.575. The van der Waals surface area contributed by atoms with Gasteiger partial charge in [0.1, 0.15) is 0 Å². The fourth-order valence-corrected chi connectivity index (χ4v) is 2.90. The van der Waals surface area contributed by atoms with Crippen LogP contribution >= 0.6 is 0 Å². The highest BCUT2D eigenvalue weighted by atomic mass is 16.7. The number of allylic oxidation sites excluding steroid dienone is 2. The van der Waals surface area contributed by atoms with E-state index in [0.29, 0.717) is 11.8 Å². The Kier molecular flexibility index (Phi) is 4.21. The van der Waals surface area contributed by atoms with Crippen molar-refractivity contribution in [2.24, 2.45) is 11.8 Å². The Bertz CT molecular complexity index is 407. The van der Waals surface area contributed by atoms with Crippen molar-refractivity contribution in [3.8, 4) is 0 Å². The molecule has 0 spiro atoms. The molecular formula is C16H27BO3. The molecule has 1 fully saturated rings. The first-order chi connectivity index (χ1) is 9.19. The third kappa shape index (κ3) is 2.61. The molecule has 0 bridgehead atoms. The first-order valence-corrected chi connectivity index (χ1v) is 7.46. The summed E-state index contributed by atoms with van der Waals surface area (Å²) in [5.74, 6) is 0.759. The van der Waals surface area contributed by atoms with E-state index in [4.69, 9.17) is 14.0 Å². The van der Waals surface area contributed by atoms with Crippen molar-refractivity contribution in [1.82, 2.24) is 0 Å². The molecule has 112 valence electrons. The van der Waals surface area contributed by atoms with Gasteiger partial charge in [-0.3, -0.25) is 0 Å². The molecule has 1 saturated heterocycles. The standard InChI is InChI=1S/C16H27BO3/c1-11(2)14-12(9-8-10-13(14)18-7)17-19-15(3,4)16(5,6)20-17/h8-11,13-14H,1-7H3. The Morgan fingerprint density at radius 3 is 2.15 bits per heavy atom. The summed E-state index contributed by atoms with van der Waals surface area (Å²) < 4.78 is 18.0. The Morgan fingerprint density at radius 1 is 1.15 bits per heavy atom. The van der Waals surface area contributed by atoms with E-state index in [-0.39, 0.29) is 24.4 Å². The van der Waals surface area contributed by atoms with E-state index in [1.165, 1.54) is 5.47 Å². The van der Waals surface area contributed by atoms with Gasteiger partial charge in [-0.1, -0.05) is 32.1 Å². The van der Waals surface area contributed by atoms with Gasteiger partial charge >= 0.3 is 7.12 Å². The van der Waals surface area contributed by atoms with E-state index in [9.17, 15) is 0 Å². The lowest BCUT2D eigenvalue weighted by Crippen LogP contribution is -2.41. The van der Waals surface area contributed by atoms with Crippen molar-refractivity contribution >= 4 is 7.12 Å². The van der Waals surface area contributed by atoms with Crippen molar-refractivity contribution < 1.29 is 14.0 Å². The van der Waals surface area contributed by atoms with Crippen LogP contribution < -0.4 is 0 Å². The molecule has 0 aromatic carbocycles. The van der Waals surface area contributed by atoms with Crippen LogP contribution in [0.5, 0.6) is 0 Å². The summed E-state index contributed by atoms with van der Waals surface area (Å²) in [6.07, 6.45) is 6.38. The summed E-state index contributed by atoms with van der Waals surface area (Å²) in [7, 11) is 1.48. The fraction of sp³-hybridized carbons (Fsp3) is 0.750. The second-order valence-corrected chi connectivity index (χ2v) is 7.11. The lowest BCUT2D eigenvalue weighted by Gasteiger charge is -2.32. The van der Waals surface area contributed by atoms with Crippen molar-refractivity contribution in [3.63, 3.8) is 0 Å². The monoisotopic (exact) mass is 278 g/mol. The van der Waals surface area contributed by atoms with E-state index in [0.717, 1.165) is 0 Å². The lowest BCUT2D eigenvalue weighted by atomic mass is 9.64. The zero-order chi connectivity index (χ0) is 15.1. The second-order valence-electron chi connectivity index (χ2n) is 7.11.